The van der Waals surface area contributed by atoms with Gasteiger partial charge >= 0.3 is 0 Å². The van der Waals surface area contributed by atoms with E-state index in [0.29, 0.717) is 51.5 Å². The van der Waals surface area contributed by atoms with Crippen molar-refractivity contribution in [1.82, 2.24) is 25.0 Å². The second-order valence-corrected chi connectivity index (χ2v) is 11.2. The molecule has 2 aliphatic rings. The van der Waals surface area contributed by atoms with E-state index in [1.807, 2.05) is 6.92 Å². The van der Waals surface area contributed by atoms with Crippen LogP contribution in [-0.4, -0.2) is 82.6 Å². The highest BCUT2D eigenvalue weighted by molar-refractivity contribution is 6.32. The van der Waals surface area contributed by atoms with Crippen molar-refractivity contribution in [3.05, 3.63) is 40.8 Å². The third kappa shape index (κ3) is 5.06. The van der Waals surface area contributed by atoms with Crippen molar-refractivity contribution in [3.8, 4) is 28.5 Å². The minimum absolute atomic E-state index is 0.0580. The zero-order valence-electron chi connectivity index (χ0n) is 23.0. The van der Waals surface area contributed by atoms with Gasteiger partial charge in [0.15, 0.2) is 17.1 Å². The lowest BCUT2D eigenvalue weighted by atomic mass is 9.94. The molecule has 2 fully saturated rings. The third-order valence-corrected chi connectivity index (χ3v) is 8.73. The molecule has 212 valence electrons. The number of aromatic nitrogens is 3. The van der Waals surface area contributed by atoms with Crippen molar-refractivity contribution < 1.29 is 19.0 Å². The van der Waals surface area contributed by atoms with Crippen LogP contribution in [0.5, 0.6) is 17.2 Å². The summed E-state index contributed by atoms with van der Waals surface area (Å²) in [5.41, 5.74) is 2.10. The fourth-order valence-electron chi connectivity index (χ4n) is 6.30. The standard InChI is InChI=1S/C30H35ClFN5O3/c1-18-25-27-26(28(33-30(25)35-34-18)19-8-9-23(38)21(31)16-19)22(32)17-24(29(27)39-2)40-15-14-36-10-12-37(13-11-36)20-6-4-3-5-7-20/h8-9,16-17,20,38H,3-7,10-15H2,1-2H3,(H,33,34,35). The summed E-state index contributed by atoms with van der Waals surface area (Å²) in [7, 11) is 1.56. The number of fused-ring (bicyclic) bond motifs is 3. The Balaban J connectivity index is 1.27. The van der Waals surface area contributed by atoms with Gasteiger partial charge in [0, 0.05) is 61.2 Å². The van der Waals surface area contributed by atoms with E-state index < -0.39 is 5.82 Å². The number of hydrogen-bond acceptors (Lipinski definition) is 7. The van der Waals surface area contributed by atoms with Crippen molar-refractivity contribution in [1.29, 1.82) is 0 Å². The summed E-state index contributed by atoms with van der Waals surface area (Å²) in [4.78, 5) is 9.76. The Morgan fingerprint density at radius 3 is 2.58 bits per heavy atom. The number of piperazine rings is 1. The number of aromatic hydroxyl groups is 1. The summed E-state index contributed by atoms with van der Waals surface area (Å²) in [6, 6.07) is 6.81. The molecule has 0 spiro atoms. The van der Waals surface area contributed by atoms with Crippen molar-refractivity contribution >= 4 is 33.4 Å². The predicted molar refractivity (Wildman–Crippen MR) is 155 cm³/mol. The monoisotopic (exact) mass is 567 g/mol. The van der Waals surface area contributed by atoms with Crippen LogP contribution in [0.15, 0.2) is 24.3 Å². The summed E-state index contributed by atoms with van der Waals surface area (Å²) in [6.45, 7) is 7.23. The van der Waals surface area contributed by atoms with Crippen LogP contribution in [0.1, 0.15) is 37.8 Å². The number of rotatable bonds is 7. The second kappa shape index (κ2) is 11.4. The summed E-state index contributed by atoms with van der Waals surface area (Å²) >= 11 is 6.19. The molecule has 1 saturated carbocycles. The molecule has 2 aromatic heterocycles. The number of aromatic amines is 1. The van der Waals surface area contributed by atoms with Gasteiger partial charge in [0.25, 0.3) is 0 Å². The van der Waals surface area contributed by atoms with Crippen molar-refractivity contribution in [2.45, 2.75) is 45.1 Å². The van der Waals surface area contributed by atoms with Gasteiger partial charge in [0.05, 0.1) is 28.9 Å². The first kappa shape index (κ1) is 27.1. The molecule has 0 amide bonds. The van der Waals surface area contributed by atoms with Crippen LogP contribution < -0.4 is 9.47 Å². The van der Waals surface area contributed by atoms with E-state index >= 15 is 4.39 Å². The SMILES string of the molecule is COc1c(OCCN2CCN(C3CCCCC3)CC2)cc(F)c2c(-c3ccc(O)c(Cl)c3)nc3[nH]nc(C)c3c12. The molecule has 8 nitrogen and oxygen atoms in total. The maximum atomic E-state index is 16.0. The molecule has 1 saturated heterocycles. The van der Waals surface area contributed by atoms with E-state index in [2.05, 4.69) is 25.0 Å². The van der Waals surface area contributed by atoms with Gasteiger partial charge in [-0.3, -0.25) is 14.9 Å². The molecule has 0 radical (unpaired) electrons. The molecule has 4 aromatic rings. The van der Waals surface area contributed by atoms with Crippen LogP contribution in [-0.2, 0) is 0 Å². The summed E-state index contributed by atoms with van der Waals surface area (Å²) in [5.74, 6) is 0.232. The zero-order chi connectivity index (χ0) is 27.8. The maximum absolute atomic E-state index is 16.0. The normalized spacial score (nSPS) is 17.6. The number of benzene rings is 2. The molecule has 3 heterocycles. The number of ether oxygens (including phenoxy) is 2. The summed E-state index contributed by atoms with van der Waals surface area (Å²) in [6.07, 6.45) is 6.75. The van der Waals surface area contributed by atoms with Gasteiger partial charge in [-0.25, -0.2) is 9.37 Å². The summed E-state index contributed by atoms with van der Waals surface area (Å²) in [5, 5.41) is 18.8. The van der Waals surface area contributed by atoms with Gasteiger partial charge in [-0.2, -0.15) is 5.10 Å². The highest BCUT2D eigenvalue weighted by atomic mass is 35.5. The van der Waals surface area contributed by atoms with Gasteiger partial charge in [0.2, 0.25) is 0 Å². The number of H-pyrrole nitrogens is 1. The van der Waals surface area contributed by atoms with Crippen LogP contribution in [0.4, 0.5) is 4.39 Å². The highest BCUT2D eigenvalue weighted by Crippen LogP contribution is 2.45. The lowest BCUT2D eigenvalue weighted by molar-refractivity contribution is 0.0716. The maximum Gasteiger partial charge on any atom is 0.169 e. The molecule has 2 aromatic carbocycles. The van der Waals surface area contributed by atoms with Crippen molar-refractivity contribution in [2.75, 3.05) is 46.4 Å². The molecule has 40 heavy (non-hydrogen) atoms. The van der Waals surface area contributed by atoms with Gasteiger partial charge in [-0.1, -0.05) is 30.9 Å². The predicted octanol–water partition coefficient (Wildman–Crippen LogP) is 5.92. The number of phenolic OH excluding ortho intramolecular Hbond substituents is 1. The first-order valence-electron chi connectivity index (χ1n) is 14.1. The lowest BCUT2D eigenvalue weighted by Crippen LogP contribution is -2.51. The number of phenols is 1. The van der Waals surface area contributed by atoms with Gasteiger partial charge in [-0.05, 0) is 38.0 Å². The van der Waals surface area contributed by atoms with E-state index in [9.17, 15) is 5.11 Å². The minimum atomic E-state index is -0.485. The molecule has 0 bridgehead atoms. The Kier molecular flexibility index (Phi) is 7.70. The van der Waals surface area contributed by atoms with E-state index in [1.165, 1.54) is 44.2 Å². The number of methoxy groups -OCH3 is 1. The topological polar surface area (TPSA) is 86.7 Å². The fraction of sp³-hybridized carbons (Fsp3) is 0.467. The smallest absolute Gasteiger partial charge is 0.169 e. The Hall–Kier alpha value is -3.14. The molecule has 2 N–H and O–H groups in total. The first-order valence-corrected chi connectivity index (χ1v) is 14.5. The van der Waals surface area contributed by atoms with Gasteiger partial charge in [-0.15, -0.1) is 0 Å². The van der Waals surface area contributed by atoms with Crippen LogP contribution >= 0.6 is 11.6 Å². The Labute approximate surface area is 238 Å². The molecule has 0 unspecified atom stereocenters. The molecule has 6 rings (SSSR count). The van der Waals surface area contributed by atoms with Crippen LogP contribution in [0.3, 0.4) is 0 Å². The Morgan fingerprint density at radius 1 is 1.07 bits per heavy atom. The molecule has 1 aliphatic heterocycles. The van der Waals surface area contributed by atoms with Crippen molar-refractivity contribution in [2.24, 2.45) is 0 Å². The minimum Gasteiger partial charge on any atom is -0.506 e. The molecule has 0 atom stereocenters. The fourth-order valence-corrected chi connectivity index (χ4v) is 6.48. The lowest BCUT2D eigenvalue weighted by Gasteiger charge is -2.40. The number of nitrogens with zero attached hydrogens (tertiary/aromatic N) is 4. The number of pyridine rings is 1. The summed E-state index contributed by atoms with van der Waals surface area (Å²) < 4.78 is 28.0. The molecule has 1 aliphatic carbocycles. The number of aryl methyl sites for hydroxylation is 1. The largest absolute Gasteiger partial charge is 0.506 e. The van der Waals surface area contributed by atoms with E-state index in [1.54, 1.807) is 19.2 Å². The van der Waals surface area contributed by atoms with E-state index in [4.69, 9.17) is 21.1 Å². The van der Waals surface area contributed by atoms with Crippen molar-refractivity contribution in [3.63, 3.8) is 0 Å². The molecular formula is C30H35ClFN5O3. The first-order chi connectivity index (χ1) is 19.4. The Bertz CT molecular complexity index is 1530. The van der Waals surface area contributed by atoms with E-state index in [0.717, 1.165) is 38.8 Å². The third-order valence-electron chi connectivity index (χ3n) is 8.42. The molecule has 10 heteroatoms. The second-order valence-electron chi connectivity index (χ2n) is 10.8. The molecular weight excluding hydrogens is 533 g/mol. The zero-order valence-corrected chi connectivity index (χ0v) is 23.7. The van der Waals surface area contributed by atoms with Crippen LogP contribution in [0, 0.1) is 12.7 Å². The quantitative estimate of drug-likeness (QED) is 0.286. The van der Waals surface area contributed by atoms with Gasteiger partial charge in [0.1, 0.15) is 18.2 Å². The average molecular weight is 568 g/mol. The average Bonchev–Trinajstić information content (AvgIpc) is 3.35. The number of hydrogen-bond donors (Lipinski definition) is 2. The van der Waals surface area contributed by atoms with Crippen LogP contribution in [0.25, 0.3) is 33.1 Å². The van der Waals surface area contributed by atoms with Crippen LogP contribution in [0.2, 0.25) is 5.02 Å². The Morgan fingerprint density at radius 2 is 1.85 bits per heavy atom. The number of halogens is 2. The van der Waals surface area contributed by atoms with Gasteiger partial charge < -0.3 is 14.6 Å². The highest BCUT2D eigenvalue weighted by Gasteiger charge is 2.26. The van der Waals surface area contributed by atoms with E-state index in [-0.39, 0.29) is 16.2 Å². The number of nitrogens with one attached hydrogen (secondary N) is 1.